The highest BCUT2D eigenvalue weighted by molar-refractivity contribution is 5.34. The second-order valence-electron chi connectivity index (χ2n) is 3.65. The molecule has 90 valence electrons. The van der Waals surface area contributed by atoms with E-state index in [1.807, 2.05) is 6.92 Å². The van der Waals surface area contributed by atoms with Crippen molar-refractivity contribution in [1.29, 1.82) is 0 Å². The van der Waals surface area contributed by atoms with Crippen molar-refractivity contribution in [2.24, 2.45) is 0 Å². The van der Waals surface area contributed by atoms with E-state index in [2.05, 4.69) is 15.3 Å². The number of alkyl halides is 2. The Kier molecular flexibility index (Phi) is 4.54. The SMILES string of the molecule is CNc1cc(C)nc(CN(C)CC(F)F)n1. The van der Waals surface area contributed by atoms with E-state index in [1.165, 1.54) is 4.90 Å². The zero-order chi connectivity index (χ0) is 12.1. The summed E-state index contributed by atoms with van der Waals surface area (Å²) in [7, 11) is 3.38. The van der Waals surface area contributed by atoms with Gasteiger partial charge in [0, 0.05) is 18.8 Å². The standard InChI is InChI=1S/C10H16F2N4/c1-7-4-9(13-2)15-10(14-7)6-16(3)5-8(11)12/h4,8H,5-6H2,1-3H3,(H,13,14,15). The van der Waals surface area contributed by atoms with Crippen LogP contribution in [0.15, 0.2) is 6.07 Å². The van der Waals surface area contributed by atoms with Crippen molar-refractivity contribution in [3.63, 3.8) is 0 Å². The summed E-state index contributed by atoms with van der Waals surface area (Å²) in [5.74, 6) is 1.25. The maximum atomic E-state index is 12.1. The van der Waals surface area contributed by atoms with E-state index in [1.54, 1.807) is 20.2 Å². The molecule has 1 rings (SSSR count). The molecule has 1 heterocycles. The predicted octanol–water partition coefficient (Wildman–Crippen LogP) is 1.52. The van der Waals surface area contributed by atoms with Gasteiger partial charge in [0.05, 0.1) is 13.1 Å². The Balaban J connectivity index is 2.69. The number of aromatic nitrogens is 2. The van der Waals surface area contributed by atoms with Crippen LogP contribution in [0.2, 0.25) is 0 Å². The molecule has 0 atom stereocenters. The molecule has 0 amide bonds. The highest BCUT2D eigenvalue weighted by Gasteiger charge is 2.10. The average molecular weight is 230 g/mol. The minimum atomic E-state index is -2.33. The van der Waals surface area contributed by atoms with Crippen LogP contribution < -0.4 is 5.32 Å². The van der Waals surface area contributed by atoms with Crippen LogP contribution in [-0.2, 0) is 6.54 Å². The van der Waals surface area contributed by atoms with Gasteiger partial charge in [-0.15, -0.1) is 0 Å². The summed E-state index contributed by atoms with van der Waals surface area (Å²) in [6.07, 6.45) is -2.33. The van der Waals surface area contributed by atoms with Crippen LogP contribution in [0, 0.1) is 6.92 Å². The van der Waals surface area contributed by atoms with Crippen LogP contribution in [0.25, 0.3) is 0 Å². The first-order chi connectivity index (χ1) is 7.51. The molecule has 0 aromatic carbocycles. The Labute approximate surface area is 93.7 Å². The lowest BCUT2D eigenvalue weighted by molar-refractivity contribution is 0.0965. The molecule has 1 N–H and O–H groups in total. The topological polar surface area (TPSA) is 41.1 Å². The summed E-state index contributed by atoms with van der Waals surface area (Å²) < 4.78 is 24.2. The molecule has 0 bridgehead atoms. The Morgan fingerprint density at radius 3 is 2.69 bits per heavy atom. The Morgan fingerprint density at radius 1 is 1.44 bits per heavy atom. The lowest BCUT2D eigenvalue weighted by atomic mass is 10.4. The fraction of sp³-hybridized carbons (Fsp3) is 0.600. The molecule has 0 fully saturated rings. The number of hydrogen-bond acceptors (Lipinski definition) is 4. The monoisotopic (exact) mass is 230 g/mol. The molecule has 0 spiro atoms. The number of rotatable bonds is 5. The summed E-state index contributed by atoms with van der Waals surface area (Å²) in [5.41, 5.74) is 0.819. The van der Waals surface area contributed by atoms with Gasteiger partial charge in [-0.3, -0.25) is 4.90 Å². The molecule has 16 heavy (non-hydrogen) atoms. The van der Waals surface area contributed by atoms with Crippen molar-refractivity contribution >= 4 is 5.82 Å². The molecule has 0 aliphatic carbocycles. The van der Waals surface area contributed by atoms with E-state index < -0.39 is 6.43 Å². The number of hydrogen-bond donors (Lipinski definition) is 1. The van der Waals surface area contributed by atoms with Gasteiger partial charge in [0.15, 0.2) is 0 Å². The quantitative estimate of drug-likeness (QED) is 0.832. The summed E-state index contributed by atoms with van der Waals surface area (Å²) in [4.78, 5) is 9.88. The van der Waals surface area contributed by atoms with Crippen molar-refractivity contribution in [3.8, 4) is 0 Å². The van der Waals surface area contributed by atoms with Crippen LogP contribution in [0.4, 0.5) is 14.6 Å². The second kappa shape index (κ2) is 5.69. The lowest BCUT2D eigenvalue weighted by Crippen LogP contribution is -2.25. The molecule has 6 heteroatoms. The van der Waals surface area contributed by atoms with Crippen molar-refractivity contribution in [2.75, 3.05) is 26.0 Å². The molecule has 0 aliphatic heterocycles. The highest BCUT2D eigenvalue weighted by Crippen LogP contribution is 2.07. The maximum absolute atomic E-state index is 12.1. The molecule has 0 unspecified atom stereocenters. The van der Waals surface area contributed by atoms with Gasteiger partial charge in [-0.05, 0) is 14.0 Å². The summed E-state index contributed by atoms with van der Waals surface area (Å²) in [6.45, 7) is 1.89. The smallest absolute Gasteiger partial charge is 0.251 e. The van der Waals surface area contributed by atoms with Gasteiger partial charge in [-0.1, -0.05) is 0 Å². The highest BCUT2D eigenvalue weighted by atomic mass is 19.3. The molecule has 0 saturated carbocycles. The lowest BCUT2D eigenvalue weighted by Gasteiger charge is -2.15. The van der Waals surface area contributed by atoms with Gasteiger partial charge < -0.3 is 5.32 Å². The van der Waals surface area contributed by atoms with Gasteiger partial charge in [0.2, 0.25) is 0 Å². The third-order valence-electron chi connectivity index (χ3n) is 2.02. The predicted molar refractivity (Wildman–Crippen MR) is 58.7 cm³/mol. The van der Waals surface area contributed by atoms with E-state index in [9.17, 15) is 8.78 Å². The minimum absolute atomic E-state index is 0.272. The fourth-order valence-corrected chi connectivity index (χ4v) is 1.37. The van der Waals surface area contributed by atoms with E-state index in [4.69, 9.17) is 0 Å². The molecular weight excluding hydrogens is 214 g/mol. The summed E-state index contributed by atoms with van der Waals surface area (Å²) >= 11 is 0. The third kappa shape index (κ3) is 4.06. The van der Waals surface area contributed by atoms with Crippen molar-refractivity contribution < 1.29 is 8.78 Å². The van der Waals surface area contributed by atoms with E-state index in [0.29, 0.717) is 18.2 Å². The van der Waals surface area contributed by atoms with Crippen LogP contribution >= 0.6 is 0 Å². The number of nitrogens with one attached hydrogen (secondary N) is 1. The van der Waals surface area contributed by atoms with Gasteiger partial charge in [-0.2, -0.15) is 0 Å². The summed E-state index contributed by atoms with van der Waals surface area (Å²) in [5, 5.41) is 2.90. The third-order valence-corrected chi connectivity index (χ3v) is 2.02. The van der Waals surface area contributed by atoms with Crippen LogP contribution in [-0.4, -0.2) is 41.9 Å². The zero-order valence-electron chi connectivity index (χ0n) is 9.67. The number of aryl methyl sites for hydroxylation is 1. The molecule has 0 saturated heterocycles. The van der Waals surface area contributed by atoms with Crippen molar-refractivity contribution in [1.82, 2.24) is 14.9 Å². The van der Waals surface area contributed by atoms with E-state index >= 15 is 0 Å². The molecule has 1 aromatic rings. The van der Waals surface area contributed by atoms with Crippen molar-refractivity contribution in [3.05, 3.63) is 17.6 Å². The maximum Gasteiger partial charge on any atom is 0.251 e. The number of anilines is 1. The molecule has 0 radical (unpaired) electrons. The number of nitrogens with zero attached hydrogens (tertiary/aromatic N) is 3. The van der Waals surface area contributed by atoms with Gasteiger partial charge in [0.1, 0.15) is 11.6 Å². The van der Waals surface area contributed by atoms with E-state index in [0.717, 1.165) is 5.69 Å². The Bertz CT molecular complexity index is 344. The fourth-order valence-electron chi connectivity index (χ4n) is 1.37. The molecule has 4 nitrogen and oxygen atoms in total. The molecular formula is C10H16F2N4. The Morgan fingerprint density at radius 2 is 2.12 bits per heavy atom. The van der Waals surface area contributed by atoms with E-state index in [-0.39, 0.29) is 6.54 Å². The second-order valence-corrected chi connectivity index (χ2v) is 3.65. The first-order valence-corrected chi connectivity index (χ1v) is 5.00. The zero-order valence-corrected chi connectivity index (χ0v) is 9.67. The first-order valence-electron chi connectivity index (χ1n) is 5.00. The van der Waals surface area contributed by atoms with Crippen LogP contribution in [0.3, 0.4) is 0 Å². The van der Waals surface area contributed by atoms with Crippen LogP contribution in [0.5, 0.6) is 0 Å². The molecule has 1 aromatic heterocycles. The van der Waals surface area contributed by atoms with Gasteiger partial charge in [0.25, 0.3) is 6.43 Å². The largest absolute Gasteiger partial charge is 0.373 e. The first kappa shape index (κ1) is 12.8. The van der Waals surface area contributed by atoms with Crippen LogP contribution in [0.1, 0.15) is 11.5 Å². The normalized spacial score (nSPS) is 11.2. The van der Waals surface area contributed by atoms with Gasteiger partial charge in [-0.25, -0.2) is 18.7 Å². The number of halogens is 2. The molecule has 0 aliphatic rings. The summed E-state index contributed by atoms with van der Waals surface area (Å²) in [6, 6.07) is 1.80. The average Bonchev–Trinajstić information content (AvgIpc) is 2.14. The minimum Gasteiger partial charge on any atom is -0.373 e. The van der Waals surface area contributed by atoms with Crippen molar-refractivity contribution in [2.45, 2.75) is 19.9 Å². The van der Waals surface area contributed by atoms with Gasteiger partial charge >= 0.3 is 0 Å². The Hall–Kier alpha value is -1.30.